The Balaban J connectivity index is 1.45. The maximum Gasteiger partial charge on any atom is 0.410 e. The first kappa shape index (κ1) is 24.4. The SMILES string of the molecule is CCOC(=O)c1c(NC(=O)c2cc3n(n2)[C@@H](C(F)(F)F)C[C@H](c2ccco2)N3)sc2c1CCCCC2. The Labute approximate surface area is 208 Å². The average Bonchev–Trinajstić information content (AvgIpc) is 3.54. The van der Waals surface area contributed by atoms with Crippen molar-refractivity contribution in [3.05, 3.63) is 51.9 Å². The minimum Gasteiger partial charge on any atom is -0.467 e. The third kappa shape index (κ3) is 4.61. The summed E-state index contributed by atoms with van der Waals surface area (Å²) in [7, 11) is 0. The number of ether oxygens (including phenoxy) is 1. The van der Waals surface area contributed by atoms with Crippen molar-refractivity contribution < 1.29 is 31.9 Å². The van der Waals surface area contributed by atoms with Crippen LogP contribution in [0.5, 0.6) is 0 Å². The molecule has 2 N–H and O–H groups in total. The Hall–Kier alpha value is -3.28. The summed E-state index contributed by atoms with van der Waals surface area (Å²) >= 11 is 1.32. The number of halogens is 3. The highest BCUT2D eigenvalue weighted by atomic mass is 32.1. The zero-order chi connectivity index (χ0) is 25.4. The Morgan fingerprint density at radius 1 is 1.31 bits per heavy atom. The summed E-state index contributed by atoms with van der Waals surface area (Å²) in [5, 5.41) is 10.0. The minimum absolute atomic E-state index is 0.0581. The Kier molecular flexibility index (Phi) is 6.54. The van der Waals surface area contributed by atoms with Crippen molar-refractivity contribution in [3.8, 4) is 0 Å². The highest BCUT2D eigenvalue weighted by Crippen LogP contribution is 2.44. The fourth-order valence-corrected chi connectivity index (χ4v) is 6.05. The molecule has 0 fully saturated rings. The van der Waals surface area contributed by atoms with E-state index >= 15 is 0 Å². The van der Waals surface area contributed by atoms with Crippen LogP contribution in [0.15, 0.2) is 28.9 Å². The number of nitrogens with zero attached hydrogens (tertiary/aromatic N) is 2. The van der Waals surface area contributed by atoms with Crippen LogP contribution in [0.2, 0.25) is 0 Å². The van der Waals surface area contributed by atoms with Crippen molar-refractivity contribution >= 4 is 34.0 Å². The Morgan fingerprint density at radius 2 is 2.11 bits per heavy atom. The van der Waals surface area contributed by atoms with Gasteiger partial charge in [0.15, 0.2) is 11.7 Å². The summed E-state index contributed by atoms with van der Waals surface area (Å²) in [6.45, 7) is 1.89. The summed E-state index contributed by atoms with van der Waals surface area (Å²) in [6, 6.07) is 1.83. The van der Waals surface area contributed by atoms with Gasteiger partial charge < -0.3 is 19.8 Å². The number of amides is 1. The van der Waals surface area contributed by atoms with Gasteiger partial charge in [-0.05, 0) is 50.3 Å². The third-order valence-corrected chi connectivity index (χ3v) is 7.64. The van der Waals surface area contributed by atoms with Gasteiger partial charge in [-0.1, -0.05) is 6.42 Å². The molecular formula is C24H25F3N4O4S. The number of aromatic nitrogens is 2. The van der Waals surface area contributed by atoms with Gasteiger partial charge in [0.1, 0.15) is 16.6 Å². The number of aryl methyl sites for hydroxylation is 1. The number of furan rings is 1. The number of alkyl halides is 3. The highest BCUT2D eigenvalue weighted by molar-refractivity contribution is 7.17. The number of carbonyl (C=O) groups excluding carboxylic acids is 2. The van der Waals surface area contributed by atoms with Crippen LogP contribution in [0, 0.1) is 0 Å². The number of hydrogen-bond acceptors (Lipinski definition) is 7. The van der Waals surface area contributed by atoms with E-state index in [1.807, 2.05) is 0 Å². The van der Waals surface area contributed by atoms with E-state index < -0.39 is 30.1 Å². The zero-order valence-corrected chi connectivity index (χ0v) is 20.3. The second-order valence-corrected chi connectivity index (χ2v) is 9.91. The number of rotatable bonds is 5. The van der Waals surface area contributed by atoms with Crippen LogP contribution in [0.4, 0.5) is 24.0 Å². The molecule has 8 nitrogen and oxygen atoms in total. The lowest BCUT2D eigenvalue weighted by atomic mass is 10.0. The molecule has 4 heterocycles. The van der Waals surface area contributed by atoms with Crippen LogP contribution >= 0.6 is 11.3 Å². The molecule has 0 saturated heterocycles. The van der Waals surface area contributed by atoms with Gasteiger partial charge in [0.25, 0.3) is 5.91 Å². The number of anilines is 2. The van der Waals surface area contributed by atoms with Gasteiger partial charge in [-0.3, -0.25) is 4.79 Å². The average molecular weight is 523 g/mol. The number of esters is 1. The Morgan fingerprint density at radius 3 is 2.83 bits per heavy atom. The fraction of sp³-hybridized carbons (Fsp3) is 0.458. The summed E-state index contributed by atoms with van der Waals surface area (Å²) in [5.74, 6) is -0.794. The lowest BCUT2D eigenvalue weighted by molar-refractivity contribution is -0.174. The van der Waals surface area contributed by atoms with Gasteiger partial charge in [-0.2, -0.15) is 18.3 Å². The predicted octanol–water partition coefficient (Wildman–Crippen LogP) is 5.90. The summed E-state index contributed by atoms with van der Waals surface area (Å²) in [6.07, 6.45) is 0.955. The lowest BCUT2D eigenvalue weighted by Gasteiger charge is -2.32. The number of nitrogens with one attached hydrogen (secondary N) is 2. The Bertz CT molecular complexity index is 1270. The lowest BCUT2D eigenvalue weighted by Crippen LogP contribution is -2.35. The van der Waals surface area contributed by atoms with Gasteiger partial charge >= 0.3 is 12.1 Å². The van der Waals surface area contributed by atoms with E-state index in [0.717, 1.165) is 40.8 Å². The molecule has 2 aliphatic rings. The normalized spacial score (nSPS) is 19.6. The maximum absolute atomic E-state index is 13.9. The molecule has 2 atom stereocenters. The van der Waals surface area contributed by atoms with Gasteiger partial charge in [0.2, 0.25) is 0 Å². The first-order valence-electron chi connectivity index (χ1n) is 11.9. The van der Waals surface area contributed by atoms with Crippen LogP contribution in [0.3, 0.4) is 0 Å². The summed E-state index contributed by atoms with van der Waals surface area (Å²) in [5.41, 5.74) is 1.03. The van der Waals surface area contributed by atoms with Gasteiger partial charge in [-0.25, -0.2) is 9.48 Å². The highest BCUT2D eigenvalue weighted by Gasteiger charge is 2.47. The molecule has 5 rings (SSSR count). The first-order chi connectivity index (χ1) is 17.3. The number of carbonyl (C=O) groups is 2. The zero-order valence-electron chi connectivity index (χ0n) is 19.5. The molecule has 3 aromatic heterocycles. The molecule has 0 radical (unpaired) electrons. The standard InChI is InChI=1S/C24H25F3N4O4S/c1-2-34-23(33)20-13-7-4-3-5-9-17(13)36-22(20)29-21(32)15-12-19-28-14(16-8-6-10-35-16)11-18(24(25,26)27)31(19)30-15/h6,8,10,12,14,18,28H,2-5,7,9,11H2,1H3,(H,29,32)/t14-,18-/m1/s1. The number of thiophene rings is 1. The van der Waals surface area contributed by atoms with Crippen molar-refractivity contribution in [3.63, 3.8) is 0 Å². The van der Waals surface area contributed by atoms with Crippen LogP contribution < -0.4 is 10.6 Å². The van der Waals surface area contributed by atoms with E-state index in [1.165, 1.54) is 23.7 Å². The largest absolute Gasteiger partial charge is 0.467 e. The van der Waals surface area contributed by atoms with Gasteiger partial charge in [-0.15, -0.1) is 11.3 Å². The molecule has 0 unspecified atom stereocenters. The molecule has 0 saturated carbocycles. The van der Waals surface area contributed by atoms with E-state index in [4.69, 9.17) is 9.15 Å². The van der Waals surface area contributed by atoms with E-state index in [-0.39, 0.29) is 24.5 Å². The van der Waals surface area contributed by atoms with Gasteiger partial charge in [0.05, 0.1) is 24.5 Å². The van der Waals surface area contributed by atoms with Crippen molar-refractivity contribution in [2.24, 2.45) is 0 Å². The minimum atomic E-state index is -4.58. The third-order valence-electron chi connectivity index (χ3n) is 6.44. The molecule has 1 aliphatic carbocycles. The molecule has 3 aromatic rings. The van der Waals surface area contributed by atoms with E-state index in [0.29, 0.717) is 22.7 Å². The van der Waals surface area contributed by atoms with E-state index in [2.05, 4.69) is 15.7 Å². The monoisotopic (exact) mass is 522 g/mol. The van der Waals surface area contributed by atoms with Crippen LogP contribution in [0.1, 0.15) is 81.7 Å². The van der Waals surface area contributed by atoms with Crippen LogP contribution in [-0.4, -0.2) is 34.4 Å². The molecule has 36 heavy (non-hydrogen) atoms. The van der Waals surface area contributed by atoms with Crippen LogP contribution in [0.25, 0.3) is 0 Å². The molecule has 1 aliphatic heterocycles. The molecule has 12 heteroatoms. The fourth-order valence-electron chi connectivity index (χ4n) is 4.78. The maximum atomic E-state index is 13.9. The van der Waals surface area contributed by atoms with Crippen molar-refractivity contribution in [1.29, 1.82) is 0 Å². The predicted molar refractivity (Wildman–Crippen MR) is 126 cm³/mol. The number of fused-ring (bicyclic) bond motifs is 2. The number of hydrogen-bond donors (Lipinski definition) is 2. The molecule has 1 amide bonds. The second-order valence-electron chi connectivity index (χ2n) is 8.81. The summed E-state index contributed by atoms with van der Waals surface area (Å²) in [4.78, 5) is 26.9. The molecule has 0 bridgehead atoms. The van der Waals surface area contributed by atoms with Crippen molar-refractivity contribution in [1.82, 2.24) is 9.78 Å². The van der Waals surface area contributed by atoms with Crippen LogP contribution in [-0.2, 0) is 17.6 Å². The van der Waals surface area contributed by atoms with Crippen molar-refractivity contribution in [2.75, 3.05) is 17.2 Å². The molecular weight excluding hydrogens is 497 g/mol. The van der Waals surface area contributed by atoms with Crippen molar-refractivity contribution in [2.45, 2.75) is 63.7 Å². The molecule has 0 spiro atoms. The molecule has 192 valence electrons. The van der Waals surface area contributed by atoms with Gasteiger partial charge in [0, 0.05) is 17.4 Å². The van der Waals surface area contributed by atoms with E-state index in [9.17, 15) is 22.8 Å². The van der Waals surface area contributed by atoms with E-state index in [1.54, 1.807) is 19.1 Å². The first-order valence-corrected chi connectivity index (χ1v) is 12.7. The second kappa shape index (κ2) is 9.64. The summed E-state index contributed by atoms with van der Waals surface area (Å²) < 4.78 is 53.0. The smallest absolute Gasteiger partial charge is 0.410 e. The quantitative estimate of drug-likeness (QED) is 0.320. The topological polar surface area (TPSA) is 98.4 Å². The molecule has 0 aromatic carbocycles.